The monoisotopic (exact) mass is 266 g/mol. The summed E-state index contributed by atoms with van der Waals surface area (Å²) in [5, 5.41) is 0. The van der Waals surface area contributed by atoms with Crippen LogP contribution in [0.1, 0.15) is 32.0 Å². The fourth-order valence-corrected chi connectivity index (χ4v) is 2.58. The molecular formula is C12H15BrN2. The third-order valence-corrected chi connectivity index (χ3v) is 3.19. The molecule has 3 heteroatoms. The maximum absolute atomic E-state index is 4.66. The van der Waals surface area contributed by atoms with Crippen molar-refractivity contribution in [3.63, 3.8) is 0 Å². The van der Waals surface area contributed by atoms with Crippen LogP contribution in [0.2, 0.25) is 0 Å². The molecule has 80 valence electrons. The number of aromatic nitrogens is 2. The quantitative estimate of drug-likeness (QED) is 0.711. The van der Waals surface area contributed by atoms with E-state index in [4.69, 9.17) is 0 Å². The number of nitrogens with zero attached hydrogens (tertiary/aromatic N) is 2. The van der Waals surface area contributed by atoms with E-state index in [1.54, 1.807) is 0 Å². The van der Waals surface area contributed by atoms with Crippen LogP contribution in [0, 0.1) is 6.92 Å². The first-order valence-electron chi connectivity index (χ1n) is 5.04. The van der Waals surface area contributed by atoms with Gasteiger partial charge in [-0.3, -0.25) is 4.40 Å². The molecule has 0 atom stereocenters. The number of fused-ring (bicyclic) bond motifs is 1. The molecule has 2 rings (SSSR count). The van der Waals surface area contributed by atoms with Gasteiger partial charge < -0.3 is 0 Å². The van der Waals surface area contributed by atoms with Crippen molar-refractivity contribution in [2.75, 3.05) is 0 Å². The van der Waals surface area contributed by atoms with Crippen molar-refractivity contribution in [3.8, 4) is 0 Å². The van der Waals surface area contributed by atoms with E-state index in [9.17, 15) is 0 Å². The Kier molecular flexibility index (Phi) is 2.38. The van der Waals surface area contributed by atoms with Gasteiger partial charge in [-0.05, 0) is 40.5 Å². The second-order valence-corrected chi connectivity index (χ2v) is 5.68. The average Bonchev–Trinajstić information content (AvgIpc) is 2.42. The summed E-state index contributed by atoms with van der Waals surface area (Å²) in [6.07, 6.45) is 2.05. The number of aryl methyl sites for hydroxylation is 1. The lowest BCUT2D eigenvalue weighted by molar-refractivity contribution is 0.569. The minimum absolute atomic E-state index is 0.0682. The number of imidazole rings is 1. The standard InChI is InChI=1S/C12H15BrN2/c1-8-5-6-15-9(7-8)14-10(11(15)13)12(2,3)4/h5-7H,1-4H3. The summed E-state index contributed by atoms with van der Waals surface area (Å²) in [7, 11) is 0. The highest BCUT2D eigenvalue weighted by atomic mass is 79.9. The van der Waals surface area contributed by atoms with Gasteiger partial charge in [-0.25, -0.2) is 4.98 Å². The third-order valence-electron chi connectivity index (χ3n) is 2.43. The summed E-state index contributed by atoms with van der Waals surface area (Å²) in [5.41, 5.74) is 3.42. The fraction of sp³-hybridized carbons (Fsp3) is 0.417. The molecule has 15 heavy (non-hydrogen) atoms. The van der Waals surface area contributed by atoms with Gasteiger partial charge in [0.1, 0.15) is 10.3 Å². The van der Waals surface area contributed by atoms with Gasteiger partial charge in [0.2, 0.25) is 0 Å². The van der Waals surface area contributed by atoms with Gasteiger partial charge >= 0.3 is 0 Å². The van der Waals surface area contributed by atoms with E-state index in [2.05, 4.69) is 71.3 Å². The summed E-state index contributed by atoms with van der Waals surface area (Å²) in [6, 6.07) is 4.19. The molecule has 2 aromatic rings. The third kappa shape index (κ3) is 1.81. The van der Waals surface area contributed by atoms with Gasteiger partial charge in [0.25, 0.3) is 0 Å². The molecule has 0 saturated carbocycles. The second kappa shape index (κ2) is 3.34. The van der Waals surface area contributed by atoms with Gasteiger partial charge in [0, 0.05) is 11.6 Å². The van der Waals surface area contributed by atoms with Crippen LogP contribution < -0.4 is 0 Å². The van der Waals surface area contributed by atoms with Crippen molar-refractivity contribution in [2.24, 2.45) is 0 Å². The van der Waals surface area contributed by atoms with Crippen molar-refractivity contribution in [2.45, 2.75) is 33.1 Å². The molecule has 0 unspecified atom stereocenters. The van der Waals surface area contributed by atoms with Crippen LogP contribution in [0.15, 0.2) is 22.9 Å². The number of rotatable bonds is 0. The smallest absolute Gasteiger partial charge is 0.138 e. The Morgan fingerprint density at radius 1 is 1.33 bits per heavy atom. The van der Waals surface area contributed by atoms with Crippen LogP contribution in [0.5, 0.6) is 0 Å². The van der Waals surface area contributed by atoms with Crippen molar-refractivity contribution >= 4 is 21.6 Å². The minimum Gasteiger partial charge on any atom is -0.294 e. The van der Waals surface area contributed by atoms with E-state index < -0.39 is 0 Å². The maximum Gasteiger partial charge on any atom is 0.138 e. The predicted molar refractivity (Wildman–Crippen MR) is 66.3 cm³/mol. The SMILES string of the molecule is Cc1ccn2c(Br)c(C(C)(C)C)nc2c1. The molecule has 0 bridgehead atoms. The number of halogens is 1. The van der Waals surface area contributed by atoms with Crippen LogP contribution in [-0.2, 0) is 5.41 Å². The highest BCUT2D eigenvalue weighted by molar-refractivity contribution is 9.10. The molecule has 0 aliphatic heterocycles. The summed E-state index contributed by atoms with van der Waals surface area (Å²) >= 11 is 3.61. The second-order valence-electron chi connectivity index (χ2n) is 4.93. The van der Waals surface area contributed by atoms with Crippen molar-refractivity contribution < 1.29 is 0 Å². The molecular weight excluding hydrogens is 252 g/mol. The fourth-order valence-electron chi connectivity index (χ4n) is 1.59. The van der Waals surface area contributed by atoms with Gasteiger partial charge in [0.05, 0.1) is 5.69 Å². The normalized spacial score (nSPS) is 12.3. The zero-order valence-electron chi connectivity index (χ0n) is 9.50. The molecule has 0 aromatic carbocycles. The first-order valence-corrected chi connectivity index (χ1v) is 5.83. The predicted octanol–water partition coefficient (Wildman–Crippen LogP) is 3.70. The van der Waals surface area contributed by atoms with Crippen molar-refractivity contribution in [1.82, 2.24) is 9.38 Å². The van der Waals surface area contributed by atoms with Crippen LogP contribution in [-0.4, -0.2) is 9.38 Å². The molecule has 2 aromatic heterocycles. The van der Waals surface area contributed by atoms with E-state index in [1.807, 2.05) is 0 Å². The van der Waals surface area contributed by atoms with Crippen molar-refractivity contribution in [1.29, 1.82) is 0 Å². The van der Waals surface area contributed by atoms with E-state index in [0.29, 0.717) is 0 Å². The topological polar surface area (TPSA) is 17.3 Å². The first-order chi connectivity index (χ1) is 6.89. The lowest BCUT2D eigenvalue weighted by Crippen LogP contribution is -2.12. The highest BCUT2D eigenvalue weighted by Gasteiger charge is 2.22. The number of pyridine rings is 1. The summed E-state index contributed by atoms with van der Waals surface area (Å²) < 4.78 is 3.14. The Hall–Kier alpha value is -0.830. The summed E-state index contributed by atoms with van der Waals surface area (Å²) in [4.78, 5) is 4.66. The average molecular weight is 267 g/mol. The molecule has 0 radical (unpaired) electrons. The van der Waals surface area contributed by atoms with Crippen molar-refractivity contribution in [3.05, 3.63) is 34.2 Å². The Bertz CT molecular complexity index is 506. The summed E-state index contributed by atoms with van der Waals surface area (Å²) in [5.74, 6) is 0. The Balaban J connectivity index is 2.75. The lowest BCUT2D eigenvalue weighted by Gasteiger charge is -2.15. The maximum atomic E-state index is 4.66. The molecule has 0 aliphatic carbocycles. The molecule has 0 amide bonds. The lowest BCUT2D eigenvalue weighted by atomic mass is 9.93. The van der Waals surface area contributed by atoms with Crippen LogP contribution in [0.4, 0.5) is 0 Å². The van der Waals surface area contributed by atoms with Gasteiger partial charge in [0.15, 0.2) is 0 Å². The molecule has 2 heterocycles. The Labute approximate surface area is 98.5 Å². The Morgan fingerprint density at radius 2 is 2.00 bits per heavy atom. The molecule has 0 aliphatic rings. The molecule has 0 N–H and O–H groups in total. The van der Waals surface area contributed by atoms with E-state index in [1.165, 1.54) is 5.56 Å². The van der Waals surface area contributed by atoms with Crippen LogP contribution >= 0.6 is 15.9 Å². The van der Waals surface area contributed by atoms with E-state index in [0.717, 1.165) is 15.9 Å². The first kappa shape index (κ1) is 10.7. The molecule has 0 spiro atoms. The number of hydrogen-bond donors (Lipinski definition) is 0. The van der Waals surface area contributed by atoms with Gasteiger partial charge in [-0.2, -0.15) is 0 Å². The van der Waals surface area contributed by atoms with Gasteiger partial charge in [-0.1, -0.05) is 20.8 Å². The van der Waals surface area contributed by atoms with Gasteiger partial charge in [-0.15, -0.1) is 0 Å². The molecule has 2 nitrogen and oxygen atoms in total. The molecule has 0 saturated heterocycles. The van der Waals surface area contributed by atoms with E-state index in [-0.39, 0.29) is 5.41 Å². The minimum atomic E-state index is 0.0682. The van der Waals surface area contributed by atoms with Crippen LogP contribution in [0.3, 0.4) is 0 Å². The van der Waals surface area contributed by atoms with E-state index >= 15 is 0 Å². The zero-order valence-corrected chi connectivity index (χ0v) is 11.1. The Morgan fingerprint density at radius 3 is 2.60 bits per heavy atom. The summed E-state index contributed by atoms with van der Waals surface area (Å²) in [6.45, 7) is 8.60. The number of hydrogen-bond acceptors (Lipinski definition) is 1. The zero-order chi connectivity index (χ0) is 11.2. The molecule has 0 fully saturated rings. The van der Waals surface area contributed by atoms with Crippen LogP contribution in [0.25, 0.3) is 5.65 Å². The largest absolute Gasteiger partial charge is 0.294 e. The highest BCUT2D eigenvalue weighted by Crippen LogP contribution is 2.29.